The van der Waals surface area contributed by atoms with Crippen LogP contribution in [0.25, 0.3) is 0 Å². The van der Waals surface area contributed by atoms with Crippen LogP contribution in [0.15, 0.2) is 60.1 Å². The minimum atomic E-state index is -0.372. The lowest BCUT2D eigenvalue weighted by atomic mass is 10.1. The average Bonchev–Trinajstić information content (AvgIpc) is 3.42. The second-order valence-corrected chi connectivity index (χ2v) is 8.90. The highest BCUT2D eigenvalue weighted by molar-refractivity contribution is 7.09. The van der Waals surface area contributed by atoms with Gasteiger partial charge in [0.15, 0.2) is 0 Å². The van der Waals surface area contributed by atoms with Gasteiger partial charge in [-0.05, 0) is 24.6 Å². The number of thiazole rings is 1. The zero-order valence-corrected chi connectivity index (χ0v) is 18.2. The van der Waals surface area contributed by atoms with Crippen LogP contribution in [0.1, 0.15) is 44.3 Å². The Morgan fingerprint density at radius 1 is 0.968 bits per heavy atom. The van der Waals surface area contributed by atoms with Crippen molar-refractivity contribution in [3.63, 3.8) is 0 Å². The molecule has 1 aromatic heterocycles. The largest absolute Gasteiger partial charge is 0.368 e. The highest BCUT2D eigenvalue weighted by Crippen LogP contribution is 2.37. The predicted molar refractivity (Wildman–Crippen MR) is 121 cm³/mol. The summed E-state index contributed by atoms with van der Waals surface area (Å²) in [5.74, 6) is -0.447. The zero-order chi connectivity index (χ0) is 21.4. The molecule has 2 aliphatic rings. The summed E-state index contributed by atoms with van der Waals surface area (Å²) in [6.45, 7) is 6.28. The van der Waals surface area contributed by atoms with Crippen molar-refractivity contribution in [1.82, 2.24) is 14.8 Å². The molecular weight excluding hydrogens is 408 g/mol. The van der Waals surface area contributed by atoms with Gasteiger partial charge in [0.05, 0.1) is 22.9 Å². The number of benzene rings is 2. The molecule has 158 valence electrons. The number of nitrogens with zero attached hydrogens (tertiary/aromatic N) is 4. The van der Waals surface area contributed by atoms with Gasteiger partial charge in [-0.1, -0.05) is 36.4 Å². The molecule has 1 atom stereocenters. The van der Waals surface area contributed by atoms with Gasteiger partial charge in [-0.3, -0.25) is 19.4 Å². The van der Waals surface area contributed by atoms with E-state index >= 15 is 0 Å². The van der Waals surface area contributed by atoms with Crippen molar-refractivity contribution in [3.05, 3.63) is 81.8 Å². The summed E-state index contributed by atoms with van der Waals surface area (Å²) >= 11 is 1.46. The Morgan fingerprint density at radius 3 is 2.45 bits per heavy atom. The number of aromatic nitrogens is 1. The van der Waals surface area contributed by atoms with E-state index in [2.05, 4.69) is 39.0 Å². The Labute approximate surface area is 185 Å². The van der Waals surface area contributed by atoms with Crippen molar-refractivity contribution in [2.24, 2.45) is 0 Å². The van der Waals surface area contributed by atoms with Crippen molar-refractivity contribution < 1.29 is 9.59 Å². The third kappa shape index (κ3) is 3.64. The lowest BCUT2D eigenvalue weighted by Crippen LogP contribution is -2.46. The first-order chi connectivity index (χ1) is 15.1. The van der Waals surface area contributed by atoms with Crippen LogP contribution < -0.4 is 4.90 Å². The summed E-state index contributed by atoms with van der Waals surface area (Å²) < 4.78 is 0. The fourth-order valence-electron chi connectivity index (χ4n) is 4.44. The summed E-state index contributed by atoms with van der Waals surface area (Å²) in [7, 11) is 0. The number of carbonyl (C=O) groups is 2. The summed E-state index contributed by atoms with van der Waals surface area (Å²) in [4.78, 5) is 36.8. The van der Waals surface area contributed by atoms with Gasteiger partial charge in [0, 0.05) is 44.3 Å². The molecule has 3 heterocycles. The van der Waals surface area contributed by atoms with E-state index in [0.717, 1.165) is 43.4 Å². The predicted octanol–water partition coefficient (Wildman–Crippen LogP) is 3.82. The first-order valence-electron chi connectivity index (χ1n) is 10.5. The van der Waals surface area contributed by atoms with E-state index in [-0.39, 0.29) is 17.9 Å². The smallest absolute Gasteiger partial charge is 0.264 e. The van der Waals surface area contributed by atoms with Crippen molar-refractivity contribution >= 4 is 28.8 Å². The molecule has 1 saturated heterocycles. The standard InChI is InChI=1S/C24H24N4O2S/c1-17(22-25-10-15-31-22)28-23(29)19-8-5-9-20(21(19)24(28)30)27-13-11-26(12-14-27)16-18-6-3-2-4-7-18/h2-10,15,17H,11-14,16H2,1H3/t17-/m0/s1. The van der Waals surface area contributed by atoms with E-state index in [1.54, 1.807) is 12.3 Å². The molecule has 6 nitrogen and oxygen atoms in total. The number of amides is 2. The van der Waals surface area contributed by atoms with Gasteiger partial charge in [-0.25, -0.2) is 4.98 Å². The van der Waals surface area contributed by atoms with E-state index in [0.29, 0.717) is 11.1 Å². The Morgan fingerprint density at radius 2 is 1.74 bits per heavy atom. The maximum atomic E-state index is 13.4. The lowest BCUT2D eigenvalue weighted by molar-refractivity contribution is 0.0595. The van der Waals surface area contributed by atoms with Crippen LogP contribution in [0, 0.1) is 0 Å². The fraction of sp³-hybridized carbons (Fsp3) is 0.292. The van der Waals surface area contributed by atoms with Crippen LogP contribution in [-0.4, -0.2) is 52.8 Å². The van der Waals surface area contributed by atoms with E-state index in [9.17, 15) is 9.59 Å². The number of hydrogen-bond acceptors (Lipinski definition) is 6. The molecule has 3 aromatic rings. The topological polar surface area (TPSA) is 56.8 Å². The number of carbonyl (C=O) groups excluding carboxylic acids is 2. The van der Waals surface area contributed by atoms with Gasteiger partial charge in [0.25, 0.3) is 11.8 Å². The summed E-state index contributed by atoms with van der Waals surface area (Å²) in [6.07, 6.45) is 1.70. The van der Waals surface area contributed by atoms with Gasteiger partial charge in [-0.2, -0.15) is 0 Å². The second-order valence-electron chi connectivity index (χ2n) is 7.98. The Balaban J connectivity index is 1.34. The van der Waals surface area contributed by atoms with E-state index < -0.39 is 0 Å². The number of hydrogen-bond donors (Lipinski definition) is 0. The monoisotopic (exact) mass is 432 g/mol. The third-order valence-electron chi connectivity index (χ3n) is 6.08. The number of anilines is 1. The van der Waals surface area contributed by atoms with Crippen LogP contribution in [0.3, 0.4) is 0 Å². The molecule has 2 aliphatic heterocycles. The normalized spacial score (nSPS) is 17.8. The average molecular weight is 433 g/mol. The fourth-order valence-corrected chi connectivity index (χ4v) is 5.13. The van der Waals surface area contributed by atoms with Gasteiger partial charge in [-0.15, -0.1) is 11.3 Å². The molecular formula is C24H24N4O2S. The number of fused-ring (bicyclic) bond motifs is 1. The molecule has 1 fully saturated rings. The Bertz CT molecular complexity index is 1090. The molecule has 7 heteroatoms. The van der Waals surface area contributed by atoms with Crippen LogP contribution in [0.5, 0.6) is 0 Å². The summed E-state index contributed by atoms with van der Waals surface area (Å²) in [5, 5.41) is 2.63. The Hall–Kier alpha value is -3.03. The number of imide groups is 1. The second kappa shape index (κ2) is 8.24. The highest BCUT2D eigenvalue weighted by Gasteiger charge is 2.42. The van der Waals surface area contributed by atoms with E-state index in [4.69, 9.17) is 0 Å². The van der Waals surface area contributed by atoms with Crippen LogP contribution in [0.4, 0.5) is 5.69 Å². The molecule has 2 aromatic carbocycles. The zero-order valence-electron chi connectivity index (χ0n) is 17.4. The van der Waals surface area contributed by atoms with E-state index in [1.807, 2.05) is 30.5 Å². The quantitative estimate of drug-likeness (QED) is 0.574. The SMILES string of the molecule is C[C@@H](c1nccs1)N1C(=O)c2cccc(N3CCN(Cc4ccccc4)CC3)c2C1=O. The molecule has 0 saturated carbocycles. The summed E-state index contributed by atoms with van der Waals surface area (Å²) in [6, 6.07) is 15.7. The number of rotatable bonds is 5. The minimum Gasteiger partial charge on any atom is -0.368 e. The molecule has 0 N–H and O–H groups in total. The van der Waals surface area contributed by atoms with Gasteiger partial charge < -0.3 is 4.90 Å². The van der Waals surface area contributed by atoms with Crippen LogP contribution >= 0.6 is 11.3 Å². The molecule has 0 aliphatic carbocycles. The van der Waals surface area contributed by atoms with Gasteiger partial charge in [0.2, 0.25) is 0 Å². The van der Waals surface area contributed by atoms with Crippen molar-refractivity contribution in [2.45, 2.75) is 19.5 Å². The maximum absolute atomic E-state index is 13.4. The molecule has 31 heavy (non-hydrogen) atoms. The summed E-state index contributed by atoms with van der Waals surface area (Å²) in [5.41, 5.74) is 3.21. The Kier molecular flexibility index (Phi) is 5.29. The van der Waals surface area contributed by atoms with Crippen LogP contribution in [0.2, 0.25) is 0 Å². The maximum Gasteiger partial charge on any atom is 0.264 e. The van der Waals surface area contributed by atoms with Crippen molar-refractivity contribution in [2.75, 3.05) is 31.1 Å². The van der Waals surface area contributed by atoms with E-state index in [1.165, 1.54) is 21.8 Å². The molecule has 0 spiro atoms. The van der Waals surface area contributed by atoms with Crippen molar-refractivity contribution in [3.8, 4) is 0 Å². The molecule has 5 rings (SSSR count). The van der Waals surface area contributed by atoms with Crippen molar-refractivity contribution in [1.29, 1.82) is 0 Å². The molecule has 0 unspecified atom stereocenters. The number of piperazine rings is 1. The third-order valence-corrected chi connectivity index (χ3v) is 7.03. The van der Waals surface area contributed by atoms with Crippen LogP contribution in [-0.2, 0) is 6.54 Å². The molecule has 2 amide bonds. The molecule has 0 radical (unpaired) electrons. The minimum absolute atomic E-state index is 0.218. The van der Waals surface area contributed by atoms with Gasteiger partial charge >= 0.3 is 0 Å². The highest BCUT2D eigenvalue weighted by atomic mass is 32.1. The first-order valence-corrected chi connectivity index (χ1v) is 11.4. The first kappa shape index (κ1) is 19.9. The lowest BCUT2D eigenvalue weighted by Gasteiger charge is -2.36. The van der Waals surface area contributed by atoms with Gasteiger partial charge in [0.1, 0.15) is 5.01 Å². The molecule has 0 bridgehead atoms.